The molecule has 1 unspecified atom stereocenters. The molecule has 0 radical (unpaired) electrons. The van der Waals surface area contributed by atoms with Gasteiger partial charge >= 0.3 is 12.1 Å². The van der Waals surface area contributed by atoms with Crippen molar-refractivity contribution in [2.45, 2.75) is 26.9 Å². The lowest BCUT2D eigenvalue weighted by molar-refractivity contribution is -0.159. The molecule has 0 spiro atoms. The van der Waals surface area contributed by atoms with E-state index in [0.29, 0.717) is 37.8 Å². The number of ether oxygens (including phenoxy) is 5. The van der Waals surface area contributed by atoms with Gasteiger partial charge in [0.2, 0.25) is 6.79 Å². The first-order valence-electron chi connectivity index (χ1n) is 10.2. The minimum Gasteiger partial charge on any atom is -0.490 e. The number of nitrogens with two attached hydrogens (primary N) is 1. The Kier molecular flexibility index (Phi) is 9.69. The van der Waals surface area contributed by atoms with Crippen LogP contribution in [0.25, 0.3) is 0 Å². The lowest BCUT2D eigenvalue weighted by atomic mass is 9.96. The number of esters is 1. The Morgan fingerprint density at radius 1 is 1.20 bits per heavy atom. The number of para-hydroxylation sites is 2. The summed E-state index contributed by atoms with van der Waals surface area (Å²) in [6, 6.07) is 7.38. The van der Waals surface area contributed by atoms with Gasteiger partial charge < -0.3 is 34.3 Å². The predicted molar refractivity (Wildman–Crippen MR) is 109 cm³/mol. The van der Waals surface area contributed by atoms with Crippen LogP contribution in [0.15, 0.2) is 24.3 Å². The van der Waals surface area contributed by atoms with E-state index < -0.39 is 24.8 Å². The fourth-order valence-electron chi connectivity index (χ4n) is 2.99. The molecule has 168 valence electrons. The number of nitrogens with zero attached hydrogens (tertiary/aromatic N) is 1. The van der Waals surface area contributed by atoms with Gasteiger partial charge in [0.1, 0.15) is 12.7 Å². The SMILES string of the molecule is CCOc1ccccc1OCC1CN(C(=O)OCOC(=O)[C@@H](CN)C(C)C)CCO1. The second kappa shape index (κ2) is 12.2. The van der Waals surface area contributed by atoms with Crippen LogP contribution in [-0.4, -0.2) is 69.3 Å². The van der Waals surface area contributed by atoms with E-state index in [0.717, 1.165) is 0 Å². The molecule has 1 fully saturated rings. The van der Waals surface area contributed by atoms with E-state index in [9.17, 15) is 9.59 Å². The number of hydrogen-bond acceptors (Lipinski definition) is 8. The van der Waals surface area contributed by atoms with Gasteiger partial charge in [-0.15, -0.1) is 0 Å². The van der Waals surface area contributed by atoms with Crippen molar-refractivity contribution in [2.75, 3.05) is 46.2 Å². The summed E-state index contributed by atoms with van der Waals surface area (Å²) in [5, 5.41) is 0. The quantitative estimate of drug-likeness (QED) is 0.449. The average molecular weight is 424 g/mol. The summed E-state index contributed by atoms with van der Waals surface area (Å²) in [5.74, 6) is 0.431. The molecular formula is C21H32N2O7. The van der Waals surface area contributed by atoms with Crippen molar-refractivity contribution in [2.24, 2.45) is 17.6 Å². The minimum atomic E-state index is -0.570. The average Bonchev–Trinajstić information content (AvgIpc) is 2.73. The van der Waals surface area contributed by atoms with Crippen LogP contribution in [-0.2, 0) is 19.0 Å². The fraction of sp³-hybridized carbons (Fsp3) is 0.619. The van der Waals surface area contributed by atoms with Crippen molar-refractivity contribution in [1.29, 1.82) is 0 Å². The molecule has 2 atom stereocenters. The number of carbonyl (C=O) groups is 2. The number of rotatable bonds is 10. The van der Waals surface area contributed by atoms with Gasteiger partial charge in [-0.2, -0.15) is 0 Å². The Morgan fingerprint density at radius 2 is 1.90 bits per heavy atom. The van der Waals surface area contributed by atoms with Crippen molar-refractivity contribution in [3.63, 3.8) is 0 Å². The molecule has 1 amide bonds. The smallest absolute Gasteiger partial charge is 0.412 e. The zero-order valence-corrected chi connectivity index (χ0v) is 17.9. The standard InChI is InChI=1S/C21H32N2O7/c1-4-26-18-7-5-6-8-19(18)28-13-16-12-23(9-10-27-16)21(25)30-14-29-20(24)17(11-22)15(2)3/h5-8,15-17H,4,9-14,22H2,1-3H3/t16?,17-/m0/s1. The maximum atomic E-state index is 12.3. The first-order chi connectivity index (χ1) is 14.5. The van der Waals surface area contributed by atoms with Crippen LogP contribution in [0.5, 0.6) is 11.5 Å². The van der Waals surface area contributed by atoms with E-state index in [1.807, 2.05) is 45.0 Å². The van der Waals surface area contributed by atoms with Crippen LogP contribution < -0.4 is 15.2 Å². The Bertz CT molecular complexity index is 683. The number of amides is 1. The van der Waals surface area contributed by atoms with Crippen LogP contribution in [0, 0.1) is 11.8 Å². The Labute approximate surface area is 177 Å². The van der Waals surface area contributed by atoms with Gasteiger partial charge in [0.05, 0.1) is 25.7 Å². The highest BCUT2D eigenvalue weighted by Gasteiger charge is 2.27. The van der Waals surface area contributed by atoms with E-state index in [1.165, 1.54) is 4.90 Å². The maximum Gasteiger partial charge on any atom is 0.412 e. The van der Waals surface area contributed by atoms with E-state index in [1.54, 1.807) is 0 Å². The molecular weight excluding hydrogens is 392 g/mol. The van der Waals surface area contributed by atoms with Gasteiger partial charge in [-0.3, -0.25) is 4.79 Å². The molecule has 0 aromatic heterocycles. The number of morpholine rings is 1. The van der Waals surface area contributed by atoms with Crippen LogP contribution in [0.2, 0.25) is 0 Å². The summed E-state index contributed by atoms with van der Waals surface area (Å²) in [6.07, 6.45) is -0.884. The highest BCUT2D eigenvalue weighted by molar-refractivity contribution is 5.73. The largest absolute Gasteiger partial charge is 0.490 e. The summed E-state index contributed by atoms with van der Waals surface area (Å²) >= 11 is 0. The van der Waals surface area contributed by atoms with Crippen LogP contribution >= 0.6 is 0 Å². The predicted octanol–water partition coefficient (Wildman–Crippen LogP) is 2.03. The van der Waals surface area contributed by atoms with Crippen molar-refractivity contribution >= 4 is 12.1 Å². The van der Waals surface area contributed by atoms with E-state index >= 15 is 0 Å². The van der Waals surface area contributed by atoms with Crippen molar-refractivity contribution in [1.82, 2.24) is 4.90 Å². The first kappa shape index (κ1) is 23.8. The van der Waals surface area contributed by atoms with Crippen LogP contribution in [0.4, 0.5) is 4.79 Å². The van der Waals surface area contributed by atoms with Gasteiger partial charge in [-0.05, 0) is 25.0 Å². The van der Waals surface area contributed by atoms with Gasteiger partial charge in [0, 0.05) is 13.1 Å². The molecule has 30 heavy (non-hydrogen) atoms. The summed E-state index contributed by atoms with van der Waals surface area (Å²) in [5.41, 5.74) is 5.58. The summed E-state index contributed by atoms with van der Waals surface area (Å²) in [6.45, 7) is 7.25. The number of carbonyl (C=O) groups excluding carboxylic acids is 2. The third-order valence-electron chi connectivity index (χ3n) is 4.72. The van der Waals surface area contributed by atoms with E-state index in [2.05, 4.69) is 0 Å². The van der Waals surface area contributed by atoms with E-state index in [4.69, 9.17) is 29.4 Å². The molecule has 2 rings (SSSR count). The van der Waals surface area contributed by atoms with Crippen molar-refractivity contribution in [3.8, 4) is 11.5 Å². The molecule has 9 heteroatoms. The second-order valence-corrected chi connectivity index (χ2v) is 7.21. The fourth-order valence-corrected chi connectivity index (χ4v) is 2.99. The first-order valence-corrected chi connectivity index (χ1v) is 10.2. The van der Waals surface area contributed by atoms with Crippen molar-refractivity contribution in [3.05, 3.63) is 24.3 Å². The lowest BCUT2D eigenvalue weighted by Crippen LogP contribution is -2.48. The molecule has 1 aliphatic heterocycles. The molecule has 1 aromatic carbocycles. The maximum absolute atomic E-state index is 12.3. The molecule has 1 aliphatic rings. The molecule has 0 bridgehead atoms. The molecule has 9 nitrogen and oxygen atoms in total. The van der Waals surface area contributed by atoms with Crippen molar-refractivity contribution < 1.29 is 33.3 Å². The highest BCUT2D eigenvalue weighted by atomic mass is 16.7. The molecule has 0 saturated carbocycles. The molecule has 1 saturated heterocycles. The second-order valence-electron chi connectivity index (χ2n) is 7.21. The van der Waals surface area contributed by atoms with Crippen LogP contribution in [0.3, 0.4) is 0 Å². The molecule has 2 N–H and O–H groups in total. The normalized spacial score (nSPS) is 17.4. The summed E-state index contributed by atoms with van der Waals surface area (Å²) in [7, 11) is 0. The van der Waals surface area contributed by atoms with Crippen LogP contribution in [0.1, 0.15) is 20.8 Å². The Morgan fingerprint density at radius 3 is 2.53 bits per heavy atom. The third kappa shape index (κ3) is 7.07. The highest BCUT2D eigenvalue weighted by Crippen LogP contribution is 2.26. The number of hydrogen-bond donors (Lipinski definition) is 1. The zero-order chi connectivity index (χ0) is 21.9. The third-order valence-corrected chi connectivity index (χ3v) is 4.72. The topological polar surface area (TPSA) is 110 Å². The number of benzene rings is 1. The zero-order valence-electron chi connectivity index (χ0n) is 17.9. The van der Waals surface area contributed by atoms with Gasteiger partial charge in [-0.1, -0.05) is 26.0 Å². The molecule has 1 heterocycles. The molecule has 1 aromatic rings. The lowest BCUT2D eigenvalue weighted by Gasteiger charge is -2.32. The Hall–Kier alpha value is -2.52. The van der Waals surface area contributed by atoms with Gasteiger partial charge in [-0.25, -0.2) is 4.79 Å². The van der Waals surface area contributed by atoms with E-state index in [-0.39, 0.29) is 25.2 Å². The monoisotopic (exact) mass is 424 g/mol. The Balaban J connectivity index is 1.77. The molecule has 0 aliphatic carbocycles. The summed E-state index contributed by atoms with van der Waals surface area (Å²) in [4.78, 5) is 25.8. The summed E-state index contributed by atoms with van der Waals surface area (Å²) < 4.78 is 27.1. The van der Waals surface area contributed by atoms with Gasteiger partial charge in [0.15, 0.2) is 11.5 Å². The minimum absolute atomic E-state index is 0.0473. The van der Waals surface area contributed by atoms with Gasteiger partial charge in [0.25, 0.3) is 0 Å².